The fraction of sp³-hybridized carbons (Fsp3) is 0.400. The fourth-order valence-corrected chi connectivity index (χ4v) is 3.74. The Labute approximate surface area is 165 Å². The van der Waals surface area contributed by atoms with Crippen molar-refractivity contribution in [3.63, 3.8) is 0 Å². The highest BCUT2D eigenvalue weighted by Crippen LogP contribution is 2.36. The second kappa shape index (κ2) is 7.46. The van der Waals surface area contributed by atoms with Crippen LogP contribution in [0.4, 0.5) is 13.2 Å². The smallest absolute Gasteiger partial charge is 0.294 e. The van der Waals surface area contributed by atoms with Gasteiger partial charge in [0.15, 0.2) is 11.5 Å². The summed E-state index contributed by atoms with van der Waals surface area (Å²) in [6.45, 7) is 0.100. The van der Waals surface area contributed by atoms with Crippen molar-refractivity contribution in [2.24, 2.45) is 7.05 Å². The van der Waals surface area contributed by atoms with Crippen molar-refractivity contribution in [3.05, 3.63) is 64.5 Å². The summed E-state index contributed by atoms with van der Waals surface area (Å²) < 4.78 is 43.1. The van der Waals surface area contributed by atoms with E-state index in [4.69, 9.17) is 0 Å². The molecule has 3 aromatic heterocycles. The molecule has 0 saturated carbocycles. The number of carbonyl (C=O) groups excluding carboxylic acids is 1. The number of carbonyl (C=O) groups is 1. The third-order valence-electron chi connectivity index (χ3n) is 5.09. The maximum absolute atomic E-state index is 13.4. The molecule has 4 rings (SSSR count). The van der Waals surface area contributed by atoms with E-state index in [1.165, 1.54) is 10.9 Å². The number of aromatic nitrogens is 5. The van der Waals surface area contributed by atoms with Crippen LogP contribution in [0, 0.1) is 0 Å². The largest absolute Gasteiger partial charge is 0.435 e. The number of fused-ring (bicyclic) bond motifs is 1. The first-order valence-electron chi connectivity index (χ1n) is 9.43. The second-order valence-corrected chi connectivity index (χ2v) is 7.25. The Morgan fingerprint density at radius 1 is 1.14 bits per heavy atom. The predicted octanol–water partition coefficient (Wildman–Crippen LogP) is 3.38. The van der Waals surface area contributed by atoms with Gasteiger partial charge in [-0.15, -0.1) is 0 Å². The molecule has 0 amide bonds. The van der Waals surface area contributed by atoms with E-state index >= 15 is 0 Å². The Bertz CT molecular complexity index is 1050. The van der Waals surface area contributed by atoms with Crippen LogP contribution in [0.5, 0.6) is 0 Å². The van der Waals surface area contributed by atoms with Gasteiger partial charge in [-0.05, 0) is 43.9 Å². The number of halogens is 3. The highest BCUT2D eigenvalue weighted by molar-refractivity contribution is 5.97. The molecule has 29 heavy (non-hydrogen) atoms. The van der Waals surface area contributed by atoms with Gasteiger partial charge in [0.1, 0.15) is 0 Å². The van der Waals surface area contributed by atoms with Crippen molar-refractivity contribution in [1.29, 1.82) is 0 Å². The molecule has 0 aliphatic heterocycles. The van der Waals surface area contributed by atoms with Crippen LogP contribution >= 0.6 is 0 Å². The molecule has 3 aromatic rings. The van der Waals surface area contributed by atoms with Gasteiger partial charge in [-0.1, -0.05) is 0 Å². The van der Waals surface area contributed by atoms with Gasteiger partial charge in [0.05, 0.1) is 24.4 Å². The van der Waals surface area contributed by atoms with Gasteiger partial charge in [0, 0.05) is 36.3 Å². The average molecular weight is 403 g/mol. The van der Waals surface area contributed by atoms with Crippen molar-refractivity contribution in [1.82, 2.24) is 24.5 Å². The van der Waals surface area contributed by atoms with Crippen LogP contribution in [-0.4, -0.2) is 30.3 Å². The molecule has 0 bridgehead atoms. The van der Waals surface area contributed by atoms with Gasteiger partial charge in [-0.25, -0.2) is 0 Å². The summed E-state index contributed by atoms with van der Waals surface area (Å²) in [6.07, 6.45) is 1.47. The van der Waals surface area contributed by atoms with E-state index in [1.807, 2.05) is 0 Å². The number of ketones is 1. The SMILES string of the molecule is Cn1ccc(CC(=O)c2ccnc(Cn3nc(C(F)(F)F)c4c3CCCC4)c2)n1. The second-order valence-electron chi connectivity index (χ2n) is 7.25. The molecular formula is C20H20F3N5O. The molecule has 9 heteroatoms. The van der Waals surface area contributed by atoms with E-state index < -0.39 is 11.9 Å². The summed E-state index contributed by atoms with van der Waals surface area (Å²) in [4.78, 5) is 16.8. The van der Waals surface area contributed by atoms with Gasteiger partial charge in [0.25, 0.3) is 0 Å². The highest BCUT2D eigenvalue weighted by atomic mass is 19.4. The minimum atomic E-state index is -4.47. The molecular weight excluding hydrogens is 383 g/mol. The summed E-state index contributed by atoms with van der Waals surface area (Å²) in [7, 11) is 1.78. The molecule has 3 heterocycles. The molecule has 0 fully saturated rings. The van der Waals surface area contributed by atoms with Crippen molar-refractivity contribution in [3.8, 4) is 0 Å². The lowest BCUT2D eigenvalue weighted by Gasteiger charge is -2.14. The fourth-order valence-electron chi connectivity index (χ4n) is 3.74. The first-order chi connectivity index (χ1) is 13.8. The Morgan fingerprint density at radius 3 is 2.66 bits per heavy atom. The summed E-state index contributed by atoms with van der Waals surface area (Å²) in [5.41, 5.74) is 1.74. The lowest BCUT2D eigenvalue weighted by molar-refractivity contribution is -0.142. The molecule has 6 nitrogen and oxygen atoms in total. The molecule has 152 valence electrons. The molecule has 1 aliphatic carbocycles. The van der Waals surface area contributed by atoms with Crippen LogP contribution in [0.25, 0.3) is 0 Å². The maximum atomic E-state index is 13.4. The average Bonchev–Trinajstić information content (AvgIpc) is 3.25. The predicted molar refractivity (Wildman–Crippen MR) is 98.5 cm³/mol. The number of nitrogens with zero attached hydrogens (tertiary/aromatic N) is 5. The quantitative estimate of drug-likeness (QED) is 0.613. The van der Waals surface area contributed by atoms with Crippen molar-refractivity contribution in [2.75, 3.05) is 0 Å². The Kier molecular flexibility index (Phi) is 4.97. The summed E-state index contributed by atoms with van der Waals surface area (Å²) in [5, 5.41) is 8.06. The van der Waals surface area contributed by atoms with Crippen LogP contribution in [0.2, 0.25) is 0 Å². The van der Waals surface area contributed by atoms with Crippen LogP contribution in [-0.2, 0) is 39.0 Å². The molecule has 0 atom stereocenters. The number of aryl methyl sites for hydroxylation is 1. The minimum absolute atomic E-state index is 0.100. The number of Topliss-reactive ketones (excluding diaryl/α,β-unsaturated/α-hetero) is 1. The van der Waals surface area contributed by atoms with Crippen LogP contribution in [0.15, 0.2) is 30.6 Å². The van der Waals surface area contributed by atoms with E-state index in [1.54, 1.807) is 36.1 Å². The van der Waals surface area contributed by atoms with Crippen LogP contribution in [0.3, 0.4) is 0 Å². The van der Waals surface area contributed by atoms with Gasteiger partial charge in [-0.3, -0.25) is 19.1 Å². The van der Waals surface area contributed by atoms with E-state index in [0.717, 1.165) is 12.8 Å². The van der Waals surface area contributed by atoms with E-state index in [9.17, 15) is 18.0 Å². The number of rotatable bonds is 5. The Morgan fingerprint density at radius 2 is 1.93 bits per heavy atom. The zero-order chi connectivity index (χ0) is 20.6. The number of pyridine rings is 1. The third-order valence-corrected chi connectivity index (χ3v) is 5.09. The number of hydrogen-bond donors (Lipinski definition) is 0. The number of alkyl halides is 3. The summed E-state index contributed by atoms with van der Waals surface area (Å²) in [5.74, 6) is -0.120. The van der Waals surface area contributed by atoms with E-state index in [2.05, 4.69) is 15.2 Å². The van der Waals surface area contributed by atoms with Gasteiger partial charge < -0.3 is 0 Å². The molecule has 0 aromatic carbocycles. The molecule has 0 N–H and O–H groups in total. The zero-order valence-electron chi connectivity index (χ0n) is 15.9. The molecule has 0 spiro atoms. The summed E-state index contributed by atoms with van der Waals surface area (Å²) in [6, 6.07) is 5.00. The Balaban J connectivity index is 1.58. The topological polar surface area (TPSA) is 65.6 Å². The van der Waals surface area contributed by atoms with Crippen molar-refractivity contribution >= 4 is 5.78 Å². The minimum Gasteiger partial charge on any atom is -0.294 e. The lowest BCUT2D eigenvalue weighted by atomic mass is 9.95. The van der Waals surface area contributed by atoms with Crippen molar-refractivity contribution in [2.45, 2.75) is 44.8 Å². The molecule has 1 aliphatic rings. The third kappa shape index (κ3) is 4.08. The first-order valence-corrected chi connectivity index (χ1v) is 9.43. The van der Waals surface area contributed by atoms with Crippen LogP contribution < -0.4 is 0 Å². The maximum Gasteiger partial charge on any atom is 0.435 e. The molecule has 0 saturated heterocycles. The highest BCUT2D eigenvalue weighted by Gasteiger charge is 2.39. The normalized spacial score (nSPS) is 14.1. The molecule has 0 unspecified atom stereocenters. The monoisotopic (exact) mass is 403 g/mol. The first kappa shape index (κ1) is 19.4. The van der Waals surface area contributed by atoms with Gasteiger partial charge in [0.2, 0.25) is 0 Å². The van der Waals surface area contributed by atoms with Gasteiger partial charge >= 0.3 is 6.18 Å². The standard InChI is InChI=1S/C20H20F3N5O/c1-27-9-7-14(25-27)11-18(29)13-6-8-24-15(10-13)12-28-17-5-3-2-4-16(17)19(26-28)20(21,22)23/h6-10H,2-5,11-12H2,1H3. The summed E-state index contributed by atoms with van der Waals surface area (Å²) >= 11 is 0. The van der Waals surface area contributed by atoms with Crippen LogP contribution in [0.1, 0.15) is 51.5 Å². The van der Waals surface area contributed by atoms with Crippen molar-refractivity contribution < 1.29 is 18.0 Å². The lowest BCUT2D eigenvalue weighted by Crippen LogP contribution is -2.12. The zero-order valence-corrected chi connectivity index (χ0v) is 15.9. The van der Waals surface area contributed by atoms with E-state index in [0.29, 0.717) is 41.1 Å². The Hall–Kier alpha value is -2.97. The number of hydrogen-bond acceptors (Lipinski definition) is 4. The van der Waals surface area contributed by atoms with E-state index in [-0.39, 0.29) is 18.7 Å². The molecule has 0 radical (unpaired) electrons. The van der Waals surface area contributed by atoms with Gasteiger partial charge in [-0.2, -0.15) is 23.4 Å².